The first-order chi connectivity index (χ1) is 11.0. The van der Waals surface area contributed by atoms with E-state index in [2.05, 4.69) is 4.90 Å². The molecule has 0 aliphatic carbocycles. The van der Waals surface area contributed by atoms with E-state index in [4.69, 9.17) is 4.42 Å². The van der Waals surface area contributed by atoms with Crippen molar-refractivity contribution in [3.05, 3.63) is 28.0 Å². The molecule has 2 amide bonds. The van der Waals surface area contributed by atoms with E-state index in [0.717, 1.165) is 19.2 Å². The normalized spacial score (nSPS) is 19.5. The molecule has 9 heteroatoms. The average molecular weight is 322 g/mol. The van der Waals surface area contributed by atoms with Crippen molar-refractivity contribution in [1.82, 2.24) is 14.7 Å². The van der Waals surface area contributed by atoms with E-state index in [0.29, 0.717) is 26.2 Å². The Hall–Kier alpha value is -2.42. The van der Waals surface area contributed by atoms with Crippen LogP contribution in [0.5, 0.6) is 0 Å². The van der Waals surface area contributed by atoms with Gasteiger partial charge in [-0.25, -0.2) is 0 Å². The van der Waals surface area contributed by atoms with Gasteiger partial charge in [0.15, 0.2) is 5.76 Å². The average Bonchev–Trinajstić information content (AvgIpc) is 2.96. The quantitative estimate of drug-likeness (QED) is 0.575. The molecule has 0 radical (unpaired) electrons. The summed E-state index contributed by atoms with van der Waals surface area (Å²) in [7, 11) is 2.02. The zero-order chi connectivity index (χ0) is 16.6. The summed E-state index contributed by atoms with van der Waals surface area (Å²) in [5, 5.41) is 10.6. The first-order valence-electron chi connectivity index (χ1n) is 7.46. The fourth-order valence-electron chi connectivity index (χ4n) is 2.78. The molecule has 3 heterocycles. The largest absolute Gasteiger partial charge is 0.433 e. The van der Waals surface area contributed by atoms with Crippen molar-refractivity contribution < 1.29 is 18.9 Å². The van der Waals surface area contributed by atoms with E-state index in [-0.39, 0.29) is 17.6 Å². The minimum absolute atomic E-state index is 0.0674. The fourth-order valence-corrected chi connectivity index (χ4v) is 2.78. The molecule has 1 aromatic rings. The predicted octanol–water partition coefficient (Wildman–Crippen LogP) is 0.0338. The van der Waals surface area contributed by atoms with Gasteiger partial charge in [0.25, 0.3) is 5.91 Å². The number of likely N-dealkylation sites (tertiary alicyclic amines) is 1. The Bertz CT molecular complexity index is 629. The van der Waals surface area contributed by atoms with Gasteiger partial charge in [0.05, 0.1) is 12.0 Å². The highest BCUT2D eigenvalue weighted by Crippen LogP contribution is 2.24. The third-order valence-corrected chi connectivity index (χ3v) is 4.32. The van der Waals surface area contributed by atoms with Gasteiger partial charge in [-0.05, 0) is 13.1 Å². The van der Waals surface area contributed by atoms with E-state index in [1.165, 1.54) is 11.0 Å². The van der Waals surface area contributed by atoms with Gasteiger partial charge in [0.1, 0.15) is 4.92 Å². The summed E-state index contributed by atoms with van der Waals surface area (Å²) in [5.41, 5.74) is 0. The van der Waals surface area contributed by atoms with Crippen LogP contribution in [0, 0.1) is 16.0 Å². The van der Waals surface area contributed by atoms with Crippen molar-refractivity contribution in [2.45, 2.75) is 0 Å². The maximum Gasteiger partial charge on any atom is 0.433 e. The van der Waals surface area contributed by atoms with Crippen molar-refractivity contribution in [1.29, 1.82) is 0 Å². The number of hydrogen-bond acceptors (Lipinski definition) is 6. The molecular formula is C14H18N4O5. The number of hydrogen-bond donors (Lipinski definition) is 0. The Kier molecular flexibility index (Phi) is 4.03. The molecule has 0 atom stereocenters. The van der Waals surface area contributed by atoms with Gasteiger partial charge in [-0.2, -0.15) is 0 Å². The van der Waals surface area contributed by atoms with E-state index in [1.807, 2.05) is 11.9 Å². The Balaban J connectivity index is 1.52. The molecule has 0 spiro atoms. The van der Waals surface area contributed by atoms with Gasteiger partial charge in [0.2, 0.25) is 5.91 Å². The summed E-state index contributed by atoms with van der Waals surface area (Å²) in [6, 6.07) is 2.44. The molecule has 2 fully saturated rings. The summed E-state index contributed by atoms with van der Waals surface area (Å²) in [6.07, 6.45) is 0. The third-order valence-electron chi connectivity index (χ3n) is 4.32. The van der Waals surface area contributed by atoms with Crippen LogP contribution in [0.3, 0.4) is 0 Å². The summed E-state index contributed by atoms with van der Waals surface area (Å²) in [5.74, 6) is -1.05. The lowest BCUT2D eigenvalue weighted by atomic mass is 9.97. The van der Waals surface area contributed by atoms with Crippen LogP contribution in [-0.4, -0.2) is 77.8 Å². The second-order valence-electron chi connectivity index (χ2n) is 5.93. The van der Waals surface area contributed by atoms with Gasteiger partial charge in [0, 0.05) is 39.3 Å². The van der Waals surface area contributed by atoms with Crippen LogP contribution >= 0.6 is 0 Å². The Labute approximate surface area is 132 Å². The topological polar surface area (TPSA) is 100 Å². The number of nitro groups is 1. The minimum Gasteiger partial charge on any atom is -0.395 e. The second-order valence-corrected chi connectivity index (χ2v) is 5.93. The van der Waals surface area contributed by atoms with Crippen LogP contribution < -0.4 is 0 Å². The van der Waals surface area contributed by atoms with Gasteiger partial charge >= 0.3 is 5.88 Å². The SMILES string of the molecule is CN1CCN(C(=O)C2CN(C(=O)c3ccc([N+](=O)[O-])o3)C2)CC1. The zero-order valence-corrected chi connectivity index (χ0v) is 12.8. The summed E-state index contributed by atoms with van der Waals surface area (Å²) in [4.78, 5) is 39.8. The first kappa shape index (κ1) is 15.5. The van der Waals surface area contributed by atoms with Crippen LogP contribution in [0.2, 0.25) is 0 Å². The Morgan fingerprint density at radius 3 is 2.39 bits per heavy atom. The molecule has 0 saturated carbocycles. The molecule has 9 nitrogen and oxygen atoms in total. The molecule has 2 aliphatic rings. The lowest BCUT2D eigenvalue weighted by Gasteiger charge is -2.42. The van der Waals surface area contributed by atoms with Crippen LogP contribution in [0.15, 0.2) is 16.5 Å². The fraction of sp³-hybridized carbons (Fsp3) is 0.571. The third kappa shape index (κ3) is 3.04. The van der Waals surface area contributed by atoms with Gasteiger partial charge in [-0.15, -0.1) is 0 Å². The molecule has 2 aliphatic heterocycles. The summed E-state index contributed by atoms with van der Waals surface area (Å²) in [6.45, 7) is 3.81. The number of amides is 2. The summed E-state index contributed by atoms with van der Waals surface area (Å²) < 4.78 is 4.90. The number of carbonyl (C=O) groups is 2. The van der Waals surface area contributed by atoms with Gasteiger partial charge in [-0.1, -0.05) is 0 Å². The van der Waals surface area contributed by atoms with Crippen LogP contribution in [0.4, 0.5) is 5.88 Å². The van der Waals surface area contributed by atoms with E-state index in [1.54, 1.807) is 0 Å². The molecule has 0 unspecified atom stereocenters. The maximum absolute atomic E-state index is 12.3. The summed E-state index contributed by atoms with van der Waals surface area (Å²) >= 11 is 0. The van der Waals surface area contributed by atoms with Crippen molar-refractivity contribution in [3.8, 4) is 0 Å². The highest BCUT2D eigenvalue weighted by atomic mass is 16.6. The number of likely N-dealkylation sites (N-methyl/N-ethyl adjacent to an activating group) is 1. The standard InChI is InChI=1S/C14H18N4O5/c1-15-4-6-16(7-5-15)13(19)10-8-17(9-10)14(20)11-2-3-12(23-11)18(21)22/h2-3,10H,4-9H2,1H3. The van der Waals surface area contributed by atoms with E-state index < -0.39 is 16.7 Å². The predicted molar refractivity (Wildman–Crippen MR) is 78.8 cm³/mol. The monoisotopic (exact) mass is 322 g/mol. The molecular weight excluding hydrogens is 304 g/mol. The molecule has 0 N–H and O–H groups in total. The lowest BCUT2D eigenvalue weighted by molar-refractivity contribution is -0.402. The van der Waals surface area contributed by atoms with Crippen molar-refractivity contribution in [2.75, 3.05) is 46.3 Å². The molecule has 23 heavy (non-hydrogen) atoms. The van der Waals surface area contributed by atoms with Crippen LogP contribution in [0.25, 0.3) is 0 Å². The molecule has 2 saturated heterocycles. The molecule has 1 aromatic heterocycles. The Morgan fingerprint density at radius 2 is 1.83 bits per heavy atom. The van der Waals surface area contributed by atoms with Crippen molar-refractivity contribution in [3.63, 3.8) is 0 Å². The number of furan rings is 1. The van der Waals surface area contributed by atoms with Crippen LogP contribution in [0.1, 0.15) is 10.6 Å². The smallest absolute Gasteiger partial charge is 0.395 e. The highest BCUT2D eigenvalue weighted by Gasteiger charge is 2.39. The van der Waals surface area contributed by atoms with Crippen molar-refractivity contribution >= 4 is 17.7 Å². The second kappa shape index (κ2) is 5.99. The van der Waals surface area contributed by atoms with E-state index in [9.17, 15) is 19.7 Å². The zero-order valence-electron chi connectivity index (χ0n) is 12.8. The number of rotatable bonds is 3. The van der Waals surface area contributed by atoms with Gasteiger partial charge < -0.3 is 19.1 Å². The molecule has 124 valence electrons. The number of carbonyl (C=O) groups excluding carboxylic acids is 2. The number of piperazine rings is 1. The lowest BCUT2D eigenvalue weighted by Crippen LogP contribution is -2.58. The van der Waals surface area contributed by atoms with Crippen molar-refractivity contribution in [2.24, 2.45) is 5.92 Å². The molecule has 0 aromatic carbocycles. The number of nitrogens with zero attached hydrogens (tertiary/aromatic N) is 4. The van der Waals surface area contributed by atoms with Crippen LogP contribution in [-0.2, 0) is 4.79 Å². The Morgan fingerprint density at radius 1 is 1.17 bits per heavy atom. The van der Waals surface area contributed by atoms with E-state index >= 15 is 0 Å². The first-order valence-corrected chi connectivity index (χ1v) is 7.46. The van der Waals surface area contributed by atoms with Gasteiger partial charge in [-0.3, -0.25) is 19.7 Å². The minimum atomic E-state index is -0.688. The highest BCUT2D eigenvalue weighted by molar-refractivity contribution is 5.94. The maximum atomic E-state index is 12.3. The molecule has 0 bridgehead atoms. The molecule has 3 rings (SSSR count).